The van der Waals surface area contributed by atoms with Crippen molar-refractivity contribution in [3.05, 3.63) is 29.8 Å². The van der Waals surface area contributed by atoms with E-state index in [0.29, 0.717) is 12.0 Å². The highest BCUT2D eigenvalue weighted by Crippen LogP contribution is 2.20. The van der Waals surface area contributed by atoms with E-state index in [9.17, 15) is 22.8 Å². The Labute approximate surface area is 131 Å². The van der Waals surface area contributed by atoms with Crippen LogP contribution in [0.5, 0.6) is 0 Å². The lowest BCUT2D eigenvalue weighted by atomic mass is 10.1. The first-order valence-corrected chi connectivity index (χ1v) is 7.09. The SMILES string of the molecule is CC[C@@H](CO)NC(=O)Cc1ccc(NC(=O)CC(F)(F)F)cc1. The van der Waals surface area contributed by atoms with E-state index in [1.165, 1.54) is 12.1 Å². The topological polar surface area (TPSA) is 78.4 Å². The smallest absolute Gasteiger partial charge is 0.394 e. The number of halogens is 3. The van der Waals surface area contributed by atoms with Crippen molar-refractivity contribution in [1.29, 1.82) is 0 Å². The van der Waals surface area contributed by atoms with E-state index in [-0.39, 0.29) is 30.7 Å². The van der Waals surface area contributed by atoms with Crippen molar-refractivity contribution >= 4 is 17.5 Å². The molecule has 23 heavy (non-hydrogen) atoms. The molecule has 1 aromatic carbocycles. The summed E-state index contributed by atoms with van der Waals surface area (Å²) in [6, 6.07) is 5.65. The Morgan fingerprint density at radius 3 is 2.26 bits per heavy atom. The number of hydrogen-bond acceptors (Lipinski definition) is 3. The Morgan fingerprint density at radius 2 is 1.78 bits per heavy atom. The van der Waals surface area contributed by atoms with Crippen LogP contribution in [0.3, 0.4) is 0 Å². The fourth-order valence-electron chi connectivity index (χ4n) is 1.83. The molecule has 0 aliphatic carbocycles. The summed E-state index contributed by atoms with van der Waals surface area (Å²) in [7, 11) is 0. The quantitative estimate of drug-likeness (QED) is 0.715. The average Bonchev–Trinajstić information content (AvgIpc) is 2.44. The highest BCUT2D eigenvalue weighted by molar-refractivity contribution is 5.91. The summed E-state index contributed by atoms with van der Waals surface area (Å²) in [5, 5.41) is 13.8. The highest BCUT2D eigenvalue weighted by Gasteiger charge is 2.31. The number of amides is 2. The van der Waals surface area contributed by atoms with Gasteiger partial charge in [0.15, 0.2) is 0 Å². The maximum Gasteiger partial charge on any atom is 0.397 e. The van der Waals surface area contributed by atoms with Crippen LogP contribution < -0.4 is 10.6 Å². The van der Waals surface area contributed by atoms with E-state index >= 15 is 0 Å². The van der Waals surface area contributed by atoms with E-state index in [4.69, 9.17) is 5.11 Å². The number of aliphatic hydroxyl groups excluding tert-OH is 1. The molecule has 0 unspecified atom stereocenters. The summed E-state index contributed by atoms with van der Waals surface area (Å²) in [5.74, 6) is -1.41. The molecule has 1 rings (SSSR count). The van der Waals surface area contributed by atoms with Gasteiger partial charge in [-0.1, -0.05) is 19.1 Å². The number of anilines is 1. The van der Waals surface area contributed by atoms with E-state index in [0.717, 1.165) is 0 Å². The Morgan fingerprint density at radius 1 is 1.17 bits per heavy atom. The Bertz CT molecular complexity index is 526. The Balaban J connectivity index is 2.53. The van der Waals surface area contributed by atoms with Gasteiger partial charge in [-0.25, -0.2) is 0 Å². The van der Waals surface area contributed by atoms with Crippen LogP contribution in [0.4, 0.5) is 18.9 Å². The zero-order valence-electron chi connectivity index (χ0n) is 12.6. The van der Waals surface area contributed by atoms with E-state index in [2.05, 4.69) is 10.6 Å². The molecule has 128 valence electrons. The molecule has 0 aliphatic heterocycles. The number of carbonyl (C=O) groups is 2. The van der Waals surface area contributed by atoms with Gasteiger partial charge in [0.1, 0.15) is 6.42 Å². The van der Waals surface area contributed by atoms with Crippen molar-refractivity contribution in [3.63, 3.8) is 0 Å². The van der Waals surface area contributed by atoms with Crippen LogP contribution in [0.15, 0.2) is 24.3 Å². The second-order valence-electron chi connectivity index (χ2n) is 5.07. The Hall–Kier alpha value is -2.09. The summed E-state index contributed by atoms with van der Waals surface area (Å²) in [6.45, 7) is 1.69. The molecular formula is C15H19F3N2O3. The van der Waals surface area contributed by atoms with Gasteiger partial charge in [-0.2, -0.15) is 13.2 Å². The van der Waals surface area contributed by atoms with Crippen LogP contribution in [0.2, 0.25) is 0 Å². The second-order valence-corrected chi connectivity index (χ2v) is 5.07. The summed E-state index contributed by atoms with van der Waals surface area (Å²) < 4.78 is 36.2. The first-order valence-electron chi connectivity index (χ1n) is 7.09. The number of hydrogen-bond donors (Lipinski definition) is 3. The fraction of sp³-hybridized carbons (Fsp3) is 0.467. The molecule has 0 heterocycles. The first kappa shape index (κ1) is 19.0. The van der Waals surface area contributed by atoms with Gasteiger partial charge in [-0.05, 0) is 24.1 Å². The van der Waals surface area contributed by atoms with Gasteiger partial charge in [0.2, 0.25) is 11.8 Å². The monoisotopic (exact) mass is 332 g/mol. The molecule has 3 N–H and O–H groups in total. The minimum atomic E-state index is -4.55. The maximum absolute atomic E-state index is 12.1. The highest BCUT2D eigenvalue weighted by atomic mass is 19.4. The van der Waals surface area contributed by atoms with Gasteiger partial charge < -0.3 is 15.7 Å². The van der Waals surface area contributed by atoms with Crippen molar-refractivity contribution < 1.29 is 27.9 Å². The third kappa shape index (κ3) is 7.64. The van der Waals surface area contributed by atoms with Gasteiger partial charge in [0.05, 0.1) is 19.1 Å². The lowest BCUT2D eigenvalue weighted by Gasteiger charge is -2.14. The number of aliphatic hydroxyl groups is 1. The third-order valence-electron chi connectivity index (χ3n) is 3.04. The molecule has 1 aromatic rings. The van der Waals surface area contributed by atoms with Crippen LogP contribution in [0, 0.1) is 0 Å². The minimum Gasteiger partial charge on any atom is -0.394 e. The van der Waals surface area contributed by atoms with Crippen LogP contribution in [0.1, 0.15) is 25.3 Å². The largest absolute Gasteiger partial charge is 0.397 e. The van der Waals surface area contributed by atoms with E-state index < -0.39 is 18.5 Å². The summed E-state index contributed by atoms with van der Waals surface area (Å²) in [6.07, 6.45) is -5.42. The molecule has 0 fully saturated rings. The lowest BCUT2D eigenvalue weighted by molar-refractivity contribution is -0.150. The van der Waals surface area contributed by atoms with Crippen molar-refractivity contribution in [3.8, 4) is 0 Å². The molecule has 0 spiro atoms. The zero-order chi connectivity index (χ0) is 17.5. The predicted molar refractivity (Wildman–Crippen MR) is 78.8 cm³/mol. The molecular weight excluding hydrogens is 313 g/mol. The Kier molecular flexibility index (Phi) is 7.02. The molecule has 0 saturated carbocycles. The van der Waals surface area contributed by atoms with E-state index in [1.54, 1.807) is 12.1 Å². The zero-order valence-corrected chi connectivity index (χ0v) is 12.6. The van der Waals surface area contributed by atoms with Gasteiger partial charge >= 0.3 is 6.18 Å². The molecule has 1 atom stereocenters. The van der Waals surface area contributed by atoms with Gasteiger partial charge in [-0.3, -0.25) is 9.59 Å². The second kappa shape index (κ2) is 8.52. The maximum atomic E-state index is 12.1. The number of benzene rings is 1. The predicted octanol–water partition coefficient (Wildman–Crippen LogP) is 2.01. The first-order chi connectivity index (χ1) is 10.7. The van der Waals surface area contributed by atoms with Crippen LogP contribution in [0.25, 0.3) is 0 Å². The van der Waals surface area contributed by atoms with Gasteiger partial charge in [-0.15, -0.1) is 0 Å². The summed E-state index contributed by atoms with van der Waals surface area (Å²) in [5.41, 5.74) is 0.870. The molecule has 0 saturated heterocycles. The molecule has 0 bridgehead atoms. The molecule has 5 nitrogen and oxygen atoms in total. The molecule has 0 radical (unpaired) electrons. The summed E-state index contributed by atoms with van der Waals surface area (Å²) >= 11 is 0. The molecule has 2 amide bonds. The number of nitrogens with one attached hydrogen (secondary N) is 2. The normalized spacial score (nSPS) is 12.6. The average molecular weight is 332 g/mol. The van der Waals surface area contributed by atoms with Crippen molar-refractivity contribution in [1.82, 2.24) is 5.32 Å². The van der Waals surface area contributed by atoms with E-state index in [1.807, 2.05) is 6.92 Å². The molecule has 8 heteroatoms. The van der Waals surface area contributed by atoms with Crippen molar-refractivity contribution in [2.24, 2.45) is 0 Å². The van der Waals surface area contributed by atoms with Gasteiger partial charge in [0, 0.05) is 5.69 Å². The number of alkyl halides is 3. The van der Waals surface area contributed by atoms with Crippen molar-refractivity contribution in [2.45, 2.75) is 38.4 Å². The number of rotatable bonds is 7. The van der Waals surface area contributed by atoms with Gasteiger partial charge in [0.25, 0.3) is 0 Å². The standard InChI is InChI=1S/C15H19F3N2O3/c1-2-11(9-21)19-13(22)7-10-3-5-12(6-4-10)20-14(23)8-15(16,17)18/h3-6,11,21H,2,7-9H2,1H3,(H,19,22)(H,20,23)/t11-/m0/s1. The van der Waals surface area contributed by atoms with Crippen molar-refractivity contribution in [2.75, 3.05) is 11.9 Å². The molecule has 0 aromatic heterocycles. The number of carbonyl (C=O) groups excluding carboxylic acids is 2. The minimum absolute atomic E-state index is 0.0767. The third-order valence-corrected chi connectivity index (χ3v) is 3.04. The van der Waals surface area contributed by atoms with Crippen LogP contribution >= 0.6 is 0 Å². The lowest BCUT2D eigenvalue weighted by Crippen LogP contribution is -2.37. The summed E-state index contributed by atoms with van der Waals surface area (Å²) in [4.78, 5) is 22.9. The fourth-order valence-corrected chi connectivity index (χ4v) is 1.83. The van der Waals surface area contributed by atoms with Crippen LogP contribution in [-0.4, -0.2) is 35.7 Å². The molecule has 0 aliphatic rings. The van der Waals surface area contributed by atoms with Crippen LogP contribution in [-0.2, 0) is 16.0 Å².